The van der Waals surface area contributed by atoms with Crippen molar-refractivity contribution in [3.05, 3.63) is 70.7 Å². The Morgan fingerprint density at radius 1 is 1.11 bits per heavy atom. The smallest absolute Gasteiger partial charge is 0.246 e. The van der Waals surface area contributed by atoms with E-state index < -0.39 is 11.9 Å². The molecule has 19 heavy (non-hydrogen) atoms. The maximum absolute atomic E-state index is 11.5. The Kier molecular flexibility index (Phi) is 4.31. The van der Waals surface area contributed by atoms with E-state index >= 15 is 0 Å². The average molecular weight is 273 g/mol. The van der Waals surface area contributed by atoms with Gasteiger partial charge in [-0.1, -0.05) is 60.1 Å². The third-order valence-corrected chi connectivity index (χ3v) is 2.99. The largest absolute Gasteiger partial charge is 0.368 e. The minimum Gasteiger partial charge on any atom is -0.368 e. The molecule has 4 heteroatoms. The number of halogens is 1. The fraction of sp³-hybridized carbons (Fsp3) is 0.0667. The third-order valence-electron chi connectivity index (χ3n) is 2.64. The van der Waals surface area contributed by atoms with E-state index in [9.17, 15) is 4.79 Å². The number of benzene rings is 2. The van der Waals surface area contributed by atoms with E-state index in [0.717, 1.165) is 5.56 Å². The summed E-state index contributed by atoms with van der Waals surface area (Å²) in [5.74, 6) is -0.528. The number of carbonyl (C=O) groups is 1. The molecule has 2 aromatic rings. The molecule has 0 aliphatic heterocycles. The van der Waals surface area contributed by atoms with Gasteiger partial charge in [0.05, 0.1) is 0 Å². The van der Waals surface area contributed by atoms with Crippen LogP contribution in [-0.2, 0) is 4.79 Å². The van der Waals surface area contributed by atoms with E-state index in [1.165, 1.54) is 0 Å². The lowest BCUT2D eigenvalue weighted by Gasteiger charge is -2.10. The highest BCUT2D eigenvalue weighted by Crippen LogP contribution is 2.25. The Balaban J connectivity index is 2.30. The second-order valence-corrected chi connectivity index (χ2v) is 4.42. The quantitative estimate of drug-likeness (QED) is 0.855. The van der Waals surface area contributed by atoms with Crippen molar-refractivity contribution in [2.75, 3.05) is 0 Å². The summed E-state index contributed by atoms with van der Waals surface area (Å²) >= 11 is 6.06. The van der Waals surface area contributed by atoms with Crippen LogP contribution >= 0.6 is 11.6 Å². The van der Waals surface area contributed by atoms with Gasteiger partial charge in [0.15, 0.2) is 6.04 Å². The molecule has 0 spiro atoms. The molecule has 0 aliphatic rings. The number of amides is 1. The SMILES string of the molecule is NC(=O)[C@H](N=Cc1ccccc1)c1ccccc1Cl. The number of nitrogens with two attached hydrogens (primary N) is 1. The molecular formula is C15H13ClN2O. The first-order valence-electron chi connectivity index (χ1n) is 5.80. The highest BCUT2D eigenvalue weighted by atomic mass is 35.5. The Bertz CT molecular complexity index is 596. The minimum atomic E-state index is -0.770. The molecule has 0 saturated carbocycles. The number of rotatable bonds is 4. The molecule has 0 fully saturated rings. The van der Waals surface area contributed by atoms with E-state index in [2.05, 4.69) is 4.99 Å². The van der Waals surface area contributed by atoms with Crippen LogP contribution in [0.2, 0.25) is 5.02 Å². The monoisotopic (exact) mass is 272 g/mol. The van der Waals surface area contributed by atoms with Gasteiger partial charge in [0.2, 0.25) is 5.91 Å². The van der Waals surface area contributed by atoms with E-state index in [1.807, 2.05) is 30.3 Å². The first-order chi connectivity index (χ1) is 9.18. The molecular weight excluding hydrogens is 260 g/mol. The highest BCUT2D eigenvalue weighted by Gasteiger charge is 2.18. The van der Waals surface area contributed by atoms with Gasteiger partial charge in [-0.3, -0.25) is 9.79 Å². The van der Waals surface area contributed by atoms with Crippen LogP contribution in [0.1, 0.15) is 17.2 Å². The fourth-order valence-corrected chi connectivity index (χ4v) is 1.94. The number of carbonyl (C=O) groups excluding carboxylic acids is 1. The summed E-state index contributed by atoms with van der Waals surface area (Å²) in [6, 6.07) is 15.8. The van der Waals surface area contributed by atoms with Crippen LogP contribution in [0.4, 0.5) is 0 Å². The van der Waals surface area contributed by atoms with E-state index in [4.69, 9.17) is 17.3 Å². The second kappa shape index (κ2) is 6.16. The van der Waals surface area contributed by atoms with Gasteiger partial charge in [-0.05, 0) is 11.6 Å². The number of nitrogens with zero attached hydrogens (tertiary/aromatic N) is 1. The predicted molar refractivity (Wildman–Crippen MR) is 77.4 cm³/mol. The predicted octanol–water partition coefficient (Wildman–Crippen LogP) is 2.99. The van der Waals surface area contributed by atoms with Gasteiger partial charge in [-0.25, -0.2) is 0 Å². The first kappa shape index (κ1) is 13.3. The van der Waals surface area contributed by atoms with Gasteiger partial charge in [0, 0.05) is 16.8 Å². The molecule has 2 aromatic carbocycles. The van der Waals surface area contributed by atoms with Crippen LogP contribution in [0.3, 0.4) is 0 Å². The van der Waals surface area contributed by atoms with Crippen molar-refractivity contribution in [2.24, 2.45) is 10.7 Å². The van der Waals surface area contributed by atoms with Gasteiger partial charge in [0.25, 0.3) is 0 Å². The summed E-state index contributed by atoms with van der Waals surface area (Å²) in [7, 11) is 0. The van der Waals surface area contributed by atoms with Gasteiger partial charge in [-0.15, -0.1) is 0 Å². The topological polar surface area (TPSA) is 55.5 Å². The summed E-state index contributed by atoms with van der Waals surface area (Å²) in [5, 5.41) is 0.483. The first-order valence-corrected chi connectivity index (χ1v) is 6.18. The maximum atomic E-state index is 11.5. The zero-order chi connectivity index (χ0) is 13.7. The Morgan fingerprint density at radius 2 is 1.74 bits per heavy atom. The fourth-order valence-electron chi connectivity index (χ4n) is 1.70. The molecule has 0 aliphatic carbocycles. The molecule has 0 aromatic heterocycles. The van der Waals surface area contributed by atoms with Crippen LogP contribution in [0, 0.1) is 0 Å². The molecule has 3 nitrogen and oxygen atoms in total. The summed E-state index contributed by atoms with van der Waals surface area (Å²) in [5.41, 5.74) is 6.91. The van der Waals surface area contributed by atoms with E-state index in [-0.39, 0.29) is 0 Å². The van der Waals surface area contributed by atoms with Crippen LogP contribution in [0.15, 0.2) is 59.6 Å². The third kappa shape index (κ3) is 3.42. The second-order valence-electron chi connectivity index (χ2n) is 4.02. The minimum absolute atomic E-state index is 0.483. The molecule has 0 bridgehead atoms. The molecule has 0 radical (unpaired) electrons. The van der Waals surface area contributed by atoms with E-state index in [0.29, 0.717) is 10.6 Å². The lowest BCUT2D eigenvalue weighted by molar-refractivity contribution is -0.119. The summed E-state index contributed by atoms with van der Waals surface area (Å²) < 4.78 is 0. The summed E-state index contributed by atoms with van der Waals surface area (Å²) in [6.07, 6.45) is 1.62. The van der Waals surface area contributed by atoms with Gasteiger partial charge in [-0.2, -0.15) is 0 Å². The Morgan fingerprint density at radius 3 is 2.37 bits per heavy atom. The van der Waals surface area contributed by atoms with Crippen molar-refractivity contribution in [2.45, 2.75) is 6.04 Å². The lowest BCUT2D eigenvalue weighted by atomic mass is 10.1. The van der Waals surface area contributed by atoms with Crippen molar-refractivity contribution in [3.63, 3.8) is 0 Å². The number of aliphatic imine (C=N–C) groups is 1. The number of primary amides is 1. The van der Waals surface area contributed by atoms with Crippen LogP contribution in [0.25, 0.3) is 0 Å². The van der Waals surface area contributed by atoms with Crippen LogP contribution < -0.4 is 5.73 Å². The number of hydrogen-bond acceptors (Lipinski definition) is 2. The zero-order valence-electron chi connectivity index (χ0n) is 10.2. The average Bonchev–Trinajstić information content (AvgIpc) is 2.42. The maximum Gasteiger partial charge on any atom is 0.246 e. The van der Waals surface area contributed by atoms with Gasteiger partial charge < -0.3 is 5.73 Å². The standard InChI is InChI=1S/C15H13ClN2O/c16-13-9-5-4-8-12(13)14(15(17)19)18-10-11-6-2-1-3-7-11/h1-10,14H,(H2,17,19)/t14-/m1/s1. The highest BCUT2D eigenvalue weighted by molar-refractivity contribution is 6.31. The van der Waals surface area contributed by atoms with Crippen molar-refractivity contribution < 1.29 is 4.79 Å². The van der Waals surface area contributed by atoms with Crippen LogP contribution in [0.5, 0.6) is 0 Å². The Labute approximate surface area is 116 Å². The van der Waals surface area contributed by atoms with Crippen LogP contribution in [-0.4, -0.2) is 12.1 Å². The number of hydrogen-bond donors (Lipinski definition) is 1. The Hall–Kier alpha value is -2.13. The molecule has 0 heterocycles. The summed E-state index contributed by atoms with van der Waals surface area (Å²) in [4.78, 5) is 15.8. The van der Waals surface area contributed by atoms with Crippen molar-refractivity contribution >= 4 is 23.7 Å². The molecule has 2 N–H and O–H groups in total. The van der Waals surface area contributed by atoms with Crippen molar-refractivity contribution in [3.8, 4) is 0 Å². The lowest BCUT2D eigenvalue weighted by Crippen LogP contribution is -2.20. The molecule has 96 valence electrons. The van der Waals surface area contributed by atoms with Gasteiger partial charge >= 0.3 is 0 Å². The van der Waals surface area contributed by atoms with E-state index in [1.54, 1.807) is 30.5 Å². The normalized spacial score (nSPS) is 12.5. The van der Waals surface area contributed by atoms with Crippen molar-refractivity contribution in [1.29, 1.82) is 0 Å². The molecule has 1 amide bonds. The van der Waals surface area contributed by atoms with Crippen molar-refractivity contribution in [1.82, 2.24) is 0 Å². The molecule has 0 unspecified atom stereocenters. The zero-order valence-corrected chi connectivity index (χ0v) is 10.9. The summed E-state index contributed by atoms with van der Waals surface area (Å²) in [6.45, 7) is 0. The molecule has 0 saturated heterocycles. The van der Waals surface area contributed by atoms with Gasteiger partial charge in [0.1, 0.15) is 0 Å². The molecule has 2 rings (SSSR count). The molecule has 1 atom stereocenters.